The Bertz CT molecular complexity index is 1040. The van der Waals surface area contributed by atoms with Crippen LogP contribution in [0.25, 0.3) is 11.4 Å². The van der Waals surface area contributed by atoms with Crippen molar-refractivity contribution in [2.45, 2.75) is 25.7 Å². The zero-order valence-electron chi connectivity index (χ0n) is 15.3. The highest BCUT2D eigenvalue weighted by Gasteiger charge is 2.30. The number of alkyl halides is 3. The van der Waals surface area contributed by atoms with E-state index < -0.39 is 11.7 Å². The number of hydrogen-bond donors (Lipinski definition) is 2. The Balaban J connectivity index is 1.50. The van der Waals surface area contributed by atoms with Crippen molar-refractivity contribution in [2.75, 3.05) is 6.54 Å². The summed E-state index contributed by atoms with van der Waals surface area (Å²) in [5.74, 6) is 0.464. The van der Waals surface area contributed by atoms with Gasteiger partial charge in [-0.2, -0.15) is 13.2 Å². The molecule has 150 valence electrons. The second kappa shape index (κ2) is 7.36. The smallest absolute Gasteiger partial charge is 0.416 e. The first-order valence-corrected chi connectivity index (χ1v) is 9.05. The highest BCUT2D eigenvalue weighted by molar-refractivity contribution is 5.56. The number of fused-ring (bicyclic) bond motifs is 1. The fourth-order valence-corrected chi connectivity index (χ4v) is 3.38. The van der Waals surface area contributed by atoms with Gasteiger partial charge in [-0.1, -0.05) is 18.2 Å². The summed E-state index contributed by atoms with van der Waals surface area (Å²) >= 11 is 0. The largest absolute Gasteiger partial charge is 0.508 e. The number of hydrogen-bond acceptors (Lipinski definition) is 5. The molecule has 0 radical (unpaired) electrons. The van der Waals surface area contributed by atoms with Crippen molar-refractivity contribution < 1.29 is 23.4 Å². The molecule has 1 aliphatic heterocycles. The lowest BCUT2D eigenvalue weighted by Gasteiger charge is -2.28. The van der Waals surface area contributed by atoms with Crippen LogP contribution in [0.1, 0.15) is 22.4 Å². The average molecular weight is 401 g/mol. The third kappa shape index (κ3) is 4.17. The van der Waals surface area contributed by atoms with Crippen molar-refractivity contribution in [3.8, 4) is 22.9 Å². The molecule has 29 heavy (non-hydrogen) atoms. The molecule has 2 aromatic carbocycles. The summed E-state index contributed by atoms with van der Waals surface area (Å²) in [4.78, 5) is 11.0. The van der Waals surface area contributed by atoms with E-state index in [0.717, 1.165) is 29.9 Å². The van der Waals surface area contributed by atoms with E-state index in [9.17, 15) is 23.4 Å². The number of rotatable bonds is 3. The molecule has 2 N–H and O–H groups in total. The first-order chi connectivity index (χ1) is 13.8. The van der Waals surface area contributed by atoms with Crippen LogP contribution in [0.15, 0.2) is 48.7 Å². The minimum absolute atomic E-state index is 0.0134. The van der Waals surface area contributed by atoms with Gasteiger partial charge in [0.05, 0.1) is 11.3 Å². The lowest BCUT2D eigenvalue weighted by atomic mass is 10.0. The van der Waals surface area contributed by atoms with Crippen LogP contribution >= 0.6 is 0 Å². The molecule has 0 unspecified atom stereocenters. The molecule has 5 nitrogen and oxygen atoms in total. The fraction of sp³-hybridized carbons (Fsp3) is 0.238. The number of halogens is 3. The molecule has 3 aromatic rings. The number of aromatic nitrogens is 2. The molecule has 0 aliphatic carbocycles. The van der Waals surface area contributed by atoms with E-state index >= 15 is 0 Å². The van der Waals surface area contributed by atoms with E-state index in [1.807, 2.05) is 0 Å². The molecule has 4 rings (SSSR count). The molecule has 2 heterocycles. The molecular weight excluding hydrogens is 383 g/mol. The highest BCUT2D eigenvalue weighted by atomic mass is 19.4. The summed E-state index contributed by atoms with van der Waals surface area (Å²) in [6.45, 7) is 1.84. The second-order valence-corrected chi connectivity index (χ2v) is 7.01. The van der Waals surface area contributed by atoms with Gasteiger partial charge in [-0.05, 0) is 18.2 Å². The van der Waals surface area contributed by atoms with Crippen molar-refractivity contribution >= 4 is 0 Å². The topological polar surface area (TPSA) is 69.5 Å². The predicted octanol–water partition coefficient (Wildman–Crippen LogP) is 4.13. The Hall–Kier alpha value is -3.13. The molecule has 0 bridgehead atoms. The van der Waals surface area contributed by atoms with Crippen LogP contribution < -0.4 is 0 Å². The molecule has 1 aromatic heterocycles. The van der Waals surface area contributed by atoms with E-state index in [0.29, 0.717) is 36.5 Å². The van der Waals surface area contributed by atoms with Gasteiger partial charge in [0.25, 0.3) is 0 Å². The summed E-state index contributed by atoms with van der Waals surface area (Å²) in [5.41, 5.74) is 2.38. The van der Waals surface area contributed by atoms with Gasteiger partial charge >= 0.3 is 6.18 Å². The number of phenolic OH excluding ortho intramolecular Hbond substituents is 2. The van der Waals surface area contributed by atoms with Crippen LogP contribution in [0, 0.1) is 0 Å². The van der Waals surface area contributed by atoms with E-state index in [-0.39, 0.29) is 11.5 Å². The van der Waals surface area contributed by atoms with Gasteiger partial charge < -0.3 is 10.2 Å². The molecule has 0 fully saturated rings. The van der Waals surface area contributed by atoms with Gasteiger partial charge in [-0.3, -0.25) is 4.90 Å². The normalized spacial score (nSPS) is 14.6. The summed E-state index contributed by atoms with van der Waals surface area (Å²) in [5, 5.41) is 19.4. The van der Waals surface area contributed by atoms with Crippen molar-refractivity contribution in [3.63, 3.8) is 0 Å². The zero-order chi connectivity index (χ0) is 20.6. The van der Waals surface area contributed by atoms with Gasteiger partial charge in [0.1, 0.15) is 11.5 Å². The molecule has 0 atom stereocenters. The van der Waals surface area contributed by atoms with Crippen LogP contribution in [0.5, 0.6) is 11.5 Å². The van der Waals surface area contributed by atoms with Crippen LogP contribution in [0.2, 0.25) is 0 Å². The van der Waals surface area contributed by atoms with Gasteiger partial charge in [0.2, 0.25) is 0 Å². The monoisotopic (exact) mass is 401 g/mol. The fourth-order valence-electron chi connectivity index (χ4n) is 3.38. The standard InChI is InChI=1S/C21H18F3N3O2/c22-21(23,24)16-4-1-13(2-5-16)20-25-10-15-12-27(8-7-18(15)26-20)11-14-3-6-17(28)9-19(14)29/h1-6,9-10,28-29H,7-8,11-12H2. The molecule has 1 aliphatic rings. The number of phenols is 2. The van der Waals surface area contributed by atoms with Crippen molar-refractivity contribution in [3.05, 3.63) is 71.0 Å². The summed E-state index contributed by atoms with van der Waals surface area (Å²) in [6, 6.07) is 9.36. The van der Waals surface area contributed by atoms with Crippen LogP contribution in [0.3, 0.4) is 0 Å². The molecule has 0 spiro atoms. The third-order valence-corrected chi connectivity index (χ3v) is 4.95. The van der Waals surface area contributed by atoms with Crippen molar-refractivity contribution in [1.82, 2.24) is 14.9 Å². The Morgan fingerprint density at radius 1 is 1.03 bits per heavy atom. The van der Waals surface area contributed by atoms with Gasteiger partial charge in [-0.25, -0.2) is 9.97 Å². The SMILES string of the molecule is Oc1ccc(CN2CCc3nc(-c4ccc(C(F)(F)F)cc4)ncc3C2)c(O)c1. The highest BCUT2D eigenvalue weighted by Crippen LogP contribution is 2.31. The van der Waals surface area contributed by atoms with Crippen LogP contribution in [0.4, 0.5) is 13.2 Å². The summed E-state index contributed by atoms with van der Waals surface area (Å²) in [6.07, 6.45) is -1.99. The lowest BCUT2D eigenvalue weighted by Crippen LogP contribution is -2.31. The quantitative estimate of drug-likeness (QED) is 0.691. The number of aromatic hydroxyl groups is 2. The van der Waals surface area contributed by atoms with Gasteiger partial charge in [0, 0.05) is 55.0 Å². The zero-order valence-corrected chi connectivity index (χ0v) is 15.3. The van der Waals surface area contributed by atoms with Gasteiger partial charge in [0.15, 0.2) is 5.82 Å². The maximum absolute atomic E-state index is 12.7. The van der Waals surface area contributed by atoms with Crippen molar-refractivity contribution in [1.29, 1.82) is 0 Å². The van der Waals surface area contributed by atoms with Crippen LogP contribution in [-0.2, 0) is 25.7 Å². The lowest BCUT2D eigenvalue weighted by molar-refractivity contribution is -0.137. The van der Waals surface area contributed by atoms with E-state index in [4.69, 9.17) is 0 Å². The Morgan fingerprint density at radius 3 is 2.48 bits per heavy atom. The Labute approximate surface area is 165 Å². The van der Waals surface area contributed by atoms with E-state index in [1.54, 1.807) is 12.3 Å². The van der Waals surface area contributed by atoms with E-state index in [1.165, 1.54) is 24.3 Å². The minimum atomic E-state index is -4.37. The van der Waals surface area contributed by atoms with E-state index in [2.05, 4.69) is 14.9 Å². The maximum atomic E-state index is 12.7. The number of nitrogens with zero attached hydrogens (tertiary/aromatic N) is 3. The molecule has 0 saturated carbocycles. The first-order valence-electron chi connectivity index (χ1n) is 9.05. The average Bonchev–Trinajstić information content (AvgIpc) is 2.69. The molecule has 8 heteroatoms. The predicted molar refractivity (Wildman–Crippen MR) is 100 cm³/mol. The second-order valence-electron chi connectivity index (χ2n) is 7.01. The minimum Gasteiger partial charge on any atom is -0.508 e. The molecular formula is C21H18F3N3O2. The Kier molecular flexibility index (Phi) is 4.87. The summed E-state index contributed by atoms with van der Waals surface area (Å²) in [7, 11) is 0. The Morgan fingerprint density at radius 2 is 1.79 bits per heavy atom. The summed E-state index contributed by atoms with van der Waals surface area (Å²) < 4.78 is 38.2. The van der Waals surface area contributed by atoms with Crippen molar-refractivity contribution in [2.24, 2.45) is 0 Å². The van der Waals surface area contributed by atoms with Gasteiger partial charge in [-0.15, -0.1) is 0 Å². The third-order valence-electron chi connectivity index (χ3n) is 4.95. The van der Waals surface area contributed by atoms with Crippen LogP contribution in [-0.4, -0.2) is 31.6 Å². The number of benzene rings is 2. The first kappa shape index (κ1) is 19.2. The maximum Gasteiger partial charge on any atom is 0.416 e. The molecule has 0 amide bonds. The molecule has 0 saturated heterocycles.